The lowest BCUT2D eigenvalue weighted by molar-refractivity contribution is -0.385. The predicted octanol–water partition coefficient (Wildman–Crippen LogP) is 4.16. The molecule has 0 aliphatic carbocycles. The molecule has 0 N–H and O–H groups in total. The number of aromatic nitrogens is 2. The molecular weight excluding hydrogens is 354 g/mol. The first-order valence-corrected chi connectivity index (χ1v) is 8.49. The zero-order chi connectivity index (χ0) is 20.1. The van der Waals surface area contributed by atoms with Crippen LogP contribution < -0.4 is 0 Å². The Labute approximate surface area is 161 Å². The van der Waals surface area contributed by atoms with E-state index in [4.69, 9.17) is 10.5 Å². The van der Waals surface area contributed by atoms with Gasteiger partial charge in [-0.1, -0.05) is 48.5 Å². The highest BCUT2D eigenvalue weighted by Crippen LogP contribution is 2.32. The zero-order valence-corrected chi connectivity index (χ0v) is 15.1. The van der Waals surface area contributed by atoms with Gasteiger partial charge >= 0.3 is 5.69 Å². The molecule has 0 aliphatic heterocycles. The third-order valence-corrected chi connectivity index (χ3v) is 4.25. The lowest BCUT2D eigenvalue weighted by atomic mass is 10.0. The summed E-state index contributed by atoms with van der Waals surface area (Å²) >= 11 is 0. The van der Waals surface area contributed by atoms with Crippen molar-refractivity contribution in [2.24, 2.45) is 0 Å². The van der Waals surface area contributed by atoms with Gasteiger partial charge in [-0.05, 0) is 18.1 Å². The first-order valence-electron chi connectivity index (χ1n) is 8.49. The molecule has 2 aromatic carbocycles. The van der Waals surface area contributed by atoms with Crippen LogP contribution in [0.15, 0.2) is 48.5 Å². The molecule has 0 aliphatic rings. The Balaban J connectivity index is 2.11. The number of hydrogen-bond acceptors (Lipinski definition) is 6. The summed E-state index contributed by atoms with van der Waals surface area (Å²) in [7, 11) is 0. The van der Waals surface area contributed by atoms with Crippen LogP contribution in [0.5, 0.6) is 0 Å². The van der Waals surface area contributed by atoms with E-state index in [0.717, 1.165) is 11.1 Å². The Morgan fingerprint density at radius 3 is 1.86 bits per heavy atom. The molecule has 1 aromatic heterocycles. The van der Waals surface area contributed by atoms with Crippen molar-refractivity contribution in [3.63, 3.8) is 0 Å². The Morgan fingerprint density at radius 2 is 1.39 bits per heavy atom. The second-order valence-electron chi connectivity index (χ2n) is 6.15. The van der Waals surface area contributed by atoms with Gasteiger partial charge in [0.2, 0.25) is 0 Å². The van der Waals surface area contributed by atoms with Gasteiger partial charge in [0.15, 0.2) is 11.5 Å². The van der Waals surface area contributed by atoms with Gasteiger partial charge in [0, 0.05) is 11.1 Å². The Morgan fingerprint density at radius 1 is 0.893 bits per heavy atom. The predicted molar refractivity (Wildman–Crippen MR) is 103 cm³/mol. The number of nitriles is 2. The molecule has 136 valence electrons. The summed E-state index contributed by atoms with van der Waals surface area (Å²) < 4.78 is 0. The maximum atomic E-state index is 11.6. The van der Waals surface area contributed by atoms with E-state index in [1.54, 1.807) is 43.3 Å². The van der Waals surface area contributed by atoms with Crippen molar-refractivity contribution < 1.29 is 4.92 Å². The first kappa shape index (κ1) is 18.7. The van der Waals surface area contributed by atoms with Crippen LogP contribution in [0.4, 0.5) is 5.69 Å². The standard InChI is InChI=1S/C21H15N5O2/c1-14-20(26(27)28)19(17-6-2-15(3-7-17)10-12-22)25-21(24-14)18-8-4-16(5-9-18)11-13-23/h2-9H,10-11H2,1H3. The van der Waals surface area contributed by atoms with E-state index in [-0.39, 0.29) is 23.5 Å². The molecule has 3 aromatic rings. The number of nitrogens with zero attached hydrogens (tertiary/aromatic N) is 5. The summed E-state index contributed by atoms with van der Waals surface area (Å²) in [5, 5.41) is 29.2. The van der Waals surface area contributed by atoms with Crippen molar-refractivity contribution in [3.05, 3.63) is 75.5 Å². The highest BCUT2D eigenvalue weighted by molar-refractivity contribution is 5.73. The second-order valence-corrected chi connectivity index (χ2v) is 6.15. The van der Waals surface area contributed by atoms with Crippen molar-refractivity contribution in [1.29, 1.82) is 10.5 Å². The average Bonchev–Trinajstić information content (AvgIpc) is 2.69. The summed E-state index contributed by atoms with van der Waals surface area (Å²) in [5.74, 6) is 0.378. The highest BCUT2D eigenvalue weighted by atomic mass is 16.6. The van der Waals surface area contributed by atoms with Crippen LogP contribution in [-0.4, -0.2) is 14.9 Å². The molecule has 0 saturated carbocycles. The second kappa shape index (κ2) is 8.07. The maximum absolute atomic E-state index is 11.6. The van der Waals surface area contributed by atoms with Gasteiger partial charge in [0.1, 0.15) is 5.69 Å². The van der Waals surface area contributed by atoms with Gasteiger partial charge < -0.3 is 0 Å². The van der Waals surface area contributed by atoms with Gasteiger partial charge in [0.05, 0.1) is 29.9 Å². The summed E-state index contributed by atoms with van der Waals surface area (Å²) in [5.41, 5.74) is 3.36. The van der Waals surface area contributed by atoms with Crippen molar-refractivity contribution in [2.45, 2.75) is 19.8 Å². The van der Waals surface area contributed by atoms with Crippen LogP contribution in [-0.2, 0) is 12.8 Å². The molecule has 0 bridgehead atoms. The van der Waals surface area contributed by atoms with Crippen LogP contribution in [0.25, 0.3) is 22.6 Å². The molecule has 7 nitrogen and oxygen atoms in total. The lowest BCUT2D eigenvalue weighted by Gasteiger charge is -2.09. The van der Waals surface area contributed by atoms with Crippen molar-refractivity contribution in [2.75, 3.05) is 0 Å². The van der Waals surface area contributed by atoms with E-state index in [0.29, 0.717) is 23.4 Å². The molecule has 0 saturated heterocycles. The van der Waals surface area contributed by atoms with Crippen molar-refractivity contribution in [3.8, 4) is 34.8 Å². The number of aryl methyl sites for hydroxylation is 1. The molecule has 0 fully saturated rings. The molecule has 28 heavy (non-hydrogen) atoms. The van der Waals surface area contributed by atoms with Crippen LogP contribution in [0.2, 0.25) is 0 Å². The summed E-state index contributed by atoms with van der Waals surface area (Å²) in [6, 6.07) is 18.4. The smallest absolute Gasteiger partial charge is 0.258 e. The molecule has 1 heterocycles. The molecular formula is C21H15N5O2. The van der Waals surface area contributed by atoms with Gasteiger partial charge in [-0.15, -0.1) is 0 Å². The molecule has 0 radical (unpaired) electrons. The van der Waals surface area contributed by atoms with Gasteiger partial charge in [-0.2, -0.15) is 10.5 Å². The maximum Gasteiger partial charge on any atom is 0.316 e. The fraction of sp³-hybridized carbons (Fsp3) is 0.143. The summed E-state index contributed by atoms with van der Waals surface area (Å²) in [4.78, 5) is 19.9. The number of hydrogen-bond donors (Lipinski definition) is 0. The van der Waals surface area contributed by atoms with Gasteiger partial charge in [-0.25, -0.2) is 9.97 Å². The quantitative estimate of drug-likeness (QED) is 0.492. The van der Waals surface area contributed by atoms with E-state index < -0.39 is 4.92 Å². The van der Waals surface area contributed by atoms with E-state index in [1.807, 2.05) is 12.1 Å². The first-order chi connectivity index (χ1) is 13.5. The molecule has 3 rings (SSSR count). The van der Waals surface area contributed by atoms with Crippen LogP contribution in [0.1, 0.15) is 16.8 Å². The van der Waals surface area contributed by atoms with Gasteiger partial charge in [0.25, 0.3) is 0 Å². The fourth-order valence-corrected chi connectivity index (χ4v) is 2.85. The minimum Gasteiger partial charge on any atom is -0.258 e. The van der Waals surface area contributed by atoms with Crippen LogP contribution in [0.3, 0.4) is 0 Å². The topological polar surface area (TPSA) is 116 Å². The van der Waals surface area contributed by atoms with E-state index in [9.17, 15) is 10.1 Å². The number of rotatable bonds is 5. The minimum absolute atomic E-state index is 0.141. The van der Waals surface area contributed by atoms with Crippen molar-refractivity contribution in [1.82, 2.24) is 9.97 Å². The average molecular weight is 369 g/mol. The molecule has 0 atom stereocenters. The molecule has 7 heteroatoms. The lowest BCUT2D eigenvalue weighted by Crippen LogP contribution is -2.03. The van der Waals surface area contributed by atoms with E-state index >= 15 is 0 Å². The number of benzene rings is 2. The van der Waals surface area contributed by atoms with Crippen LogP contribution in [0, 0.1) is 39.7 Å². The van der Waals surface area contributed by atoms with E-state index in [2.05, 4.69) is 22.1 Å². The van der Waals surface area contributed by atoms with Crippen LogP contribution >= 0.6 is 0 Å². The van der Waals surface area contributed by atoms with Gasteiger partial charge in [-0.3, -0.25) is 10.1 Å². The minimum atomic E-state index is -0.479. The normalized spacial score (nSPS) is 10.1. The molecule has 0 unspecified atom stereocenters. The number of nitro groups is 1. The third kappa shape index (κ3) is 3.84. The van der Waals surface area contributed by atoms with Crippen molar-refractivity contribution >= 4 is 5.69 Å². The van der Waals surface area contributed by atoms with E-state index in [1.165, 1.54) is 0 Å². The largest absolute Gasteiger partial charge is 0.316 e. The third-order valence-electron chi connectivity index (χ3n) is 4.25. The summed E-state index contributed by atoms with van der Waals surface area (Å²) in [6.45, 7) is 1.58. The zero-order valence-electron chi connectivity index (χ0n) is 15.1. The Kier molecular flexibility index (Phi) is 5.38. The fourth-order valence-electron chi connectivity index (χ4n) is 2.85. The Hall–Kier alpha value is -4.10. The Bertz CT molecular complexity index is 1110. The molecule has 0 amide bonds. The highest BCUT2D eigenvalue weighted by Gasteiger charge is 2.23. The molecule has 0 spiro atoms. The SMILES string of the molecule is Cc1nc(-c2ccc(CC#N)cc2)nc(-c2ccc(CC#N)cc2)c1[N+](=O)[O-]. The monoisotopic (exact) mass is 369 g/mol. The summed E-state index contributed by atoms with van der Waals surface area (Å²) in [6.07, 6.45) is 0.576.